The lowest BCUT2D eigenvalue weighted by molar-refractivity contribution is 0.571. The molecule has 11 heavy (non-hydrogen) atoms. The molecule has 0 aliphatic carbocycles. The predicted molar refractivity (Wildman–Crippen MR) is 48.7 cm³/mol. The third-order valence-corrected chi connectivity index (χ3v) is 1.84. The van der Waals surface area contributed by atoms with Crippen molar-refractivity contribution < 1.29 is 4.39 Å². The number of rotatable bonds is 2. The molecule has 0 spiro atoms. The van der Waals surface area contributed by atoms with Crippen LogP contribution < -0.4 is 0 Å². The first-order chi connectivity index (χ1) is 5.25. The summed E-state index contributed by atoms with van der Waals surface area (Å²) < 4.78 is 12.1. The molecule has 1 rings (SSSR count). The molecule has 0 heterocycles. The molecular weight excluding hydrogens is 159 g/mol. The van der Waals surface area contributed by atoms with E-state index in [0.29, 0.717) is 5.57 Å². The van der Waals surface area contributed by atoms with Crippen molar-refractivity contribution in [1.29, 1.82) is 0 Å². The number of allylic oxidation sites excluding steroid dienone is 1. The van der Waals surface area contributed by atoms with Crippen molar-refractivity contribution in [2.24, 2.45) is 0 Å². The molecule has 0 saturated carbocycles. The zero-order chi connectivity index (χ0) is 8.27. The van der Waals surface area contributed by atoms with E-state index < -0.39 is 6.67 Å². The maximum atomic E-state index is 12.1. The van der Waals surface area contributed by atoms with E-state index in [2.05, 4.69) is 19.2 Å². The van der Waals surface area contributed by atoms with Crippen molar-refractivity contribution in [1.82, 2.24) is 0 Å². The molecular formula is C9H9FS. The van der Waals surface area contributed by atoms with E-state index in [0.717, 1.165) is 10.5 Å². The Bertz CT molecular complexity index is 268. The summed E-state index contributed by atoms with van der Waals surface area (Å²) in [5, 5.41) is 0. The Morgan fingerprint density at radius 3 is 2.64 bits per heavy atom. The van der Waals surface area contributed by atoms with Gasteiger partial charge in [0.2, 0.25) is 0 Å². The number of alkyl halides is 1. The van der Waals surface area contributed by atoms with Crippen LogP contribution in [0.2, 0.25) is 0 Å². The molecule has 0 aliphatic heterocycles. The third kappa shape index (κ3) is 1.84. The maximum Gasteiger partial charge on any atom is 0.115 e. The van der Waals surface area contributed by atoms with Gasteiger partial charge >= 0.3 is 0 Å². The monoisotopic (exact) mass is 168 g/mol. The van der Waals surface area contributed by atoms with Gasteiger partial charge in [0.25, 0.3) is 0 Å². The van der Waals surface area contributed by atoms with E-state index in [4.69, 9.17) is 0 Å². The quantitative estimate of drug-likeness (QED) is 0.645. The average molecular weight is 168 g/mol. The van der Waals surface area contributed by atoms with Crippen molar-refractivity contribution >= 4 is 18.2 Å². The zero-order valence-corrected chi connectivity index (χ0v) is 6.94. The van der Waals surface area contributed by atoms with Gasteiger partial charge in [-0.05, 0) is 17.2 Å². The van der Waals surface area contributed by atoms with Crippen molar-refractivity contribution in [2.45, 2.75) is 4.90 Å². The van der Waals surface area contributed by atoms with Crippen LogP contribution >= 0.6 is 12.6 Å². The molecule has 0 fully saturated rings. The van der Waals surface area contributed by atoms with Crippen molar-refractivity contribution in [3.8, 4) is 0 Å². The molecule has 0 radical (unpaired) electrons. The molecule has 58 valence electrons. The molecule has 1 aromatic carbocycles. The highest BCUT2D eigenvalue weighted by atomic mass is 32.1. The van der Waals surface area contributed by atoms with E-state index in [1.54, 1.807) is 0 Å². The van der Waals surface area contributed by atoms with E-state index in [9.17, 15) is 4.39 Å². The smallest absolute Gasteiger partial charge is 0.115 e. The Morgan fingerprint density at radius 2 is 2.09 bits per heavy atom. The first-order valence-electron chi connectivity index (χ1n) is 3.28. The van der Waals surface area contributed by atoms with Gasteiger partial charge in [-0.1, -0.05) is 24.8 Å². The van der Waals surface area contributed by atoms with Crippen LogP contribution in [0.3, 0.4) is 0 Å². The van der Waals surface area contributed by atoms with Gasteiger partial charge in [0.1, 0.15) is 6.67 Å². The number of hydrogen-bond acceptors (Lipinski definition) is 1. The van der Waals surface area contributed by atoms with Crippen LogP contribution in [0, 0.1) is 0 Å². The fourth-order valence-electron chi connectivity index (χ4n) is 0.845. The summed E-state index contributed by atoms with van der Waals surface area (Å²) in [6.45, 7) is 3.06. The molecule has 0 aromatic heterocycles. The normalized spacial score (nSPS) is 9.64. The van der Waals surface area contributed by atoms with Crippen LogP contribution in [0.1, 0.15) is 5.56 Å². The minimum absolute atomic E-state index is 0.482. The number of hydrogen-bond donors (Lipinski definition) is 1. The summed E-state index contributed by atoms with van der Waals surface area (Å²) in [5.74, 6) is 0. The highest BCUT2D eigenvalue weighted by Gasteiger charge is 2.00. The van der Waals surface area contributed by atoms with Crippen molar-refractivity contribution in [3.05, 3.63) is 36.4 Å². The summed E-state index contributed by atoms with van der Waals surface area (Å²) in [7, 11) is 0. The summed E-state index contributed by atoms with van der Waals surface area (Å²) >= 11 is 4.16. The molecule has 0 atom stereocenters. The van der Waals surface area contributed by atoms with Gasteiger partial charge in [-0.3, -0.25) is 0 Å². The first kappa shape index (κ1) is 8.34. The standard InChI is InChI=1S/C9H9FS/c1-7(6-10)8-4-2-3-5-9(8)11/h2-5,11H,1,6H2. The van der Waals surface area contributed by atoms with E-state index in [-0.39, 0.29) is 0 Å². The van der Waals surface area contributed by atoms with Gasteiger partial charge in [0, 0.05) is 4.90 Å². The van der Waals surface area contributed by atoms with Gasteiger partial charge in [-0.25, -0.2) is 4.39 Å². The molecule has 0 aliphatic rings. The lowest BCUT2D eigenvalue weighted by Gasteiger charge is -2.02. The minimum Gasteiger partial charge on any atom is -0.246 e. The largest absolute Gasteiger partial charge is 0.246 e. The molecule has 1 aromatic rings. The van der Waals surface area contributed by atoms with E-state index >= 15 is 0 Å². The molecule has 0 unspecified atom stereocenters. The summed E-state index contributed by atoms with van der Waals surface area (Å²) in [6.07, 6.45) is 0. The zero-order valence-electron chi connectivity index (χ0n) is 6.05. The van der Waals surface area contributed by atoms with Crippen molar-refractivity contribution in [3.63, 3.8) is 0 Å². The molecule has 0 bridgehead atoms. The molecule has 0 N–H and O–H groups in total. The highest BCUT2D eigenvalue weighted by Crippen LogP contribution is 2.20. The van der Waals surface area contributed by atoms with Gasteiger partial charge in [0.15, 0.2) is 0 Å². The highest BCUT2D eigenvalue weighted by molar-refractivity contribution is 7.80. The Kier molecular flexibility index (Phi) is 2.71. The summed E-state index contributed by atoms with van der Waals surface area (Å²) in [4.78, 5) is 0.773. The van der Waals surface area contributed by atoms with Gasteiger partial charge < -0.3 is 0 Å². The second-order valence-corrected chi connectivity index (χ2v) is 2.74. The Balaban J connectivity index is 3.03. The summed E-state index contributed by atoms with van der Waals surface area (Å²) in [5.41, 5.74) is 1.27. The Labute approximate surface area is 71.2 Å². The first-order valence-corrected chi connectivity index (χ1v) is 3.72. The minimum atomic E-state index is -0.516. The fraction of sp³-hybridized carbons (Fsp3) is 0.111. The number of halogens is 1. The third-order valence-electron chi connectivity index (χ3n) is 1.45. The summed E-state index contributed by atoms with van der Waals surface area (Å²) in [6, 6.07) is 7.33. The van der Waals surface area contributed by atoms with Crippen LogP contribution in [0.15, 0.2) is 35.7 Å². The van der Waals surface area contributed by atoms with Gasteiger partial charge in [-0.2, -0.15) is 0 Å². The van der Waals surface area contributed by atoms with Crippen molar-refractivity contribution in [2.75, 3.05) is 6.67 Å². The lowest BCUT2D eigenvalue weighted by Crippen LogP contribution is -1.85. The van der Waals surface area contributed by atoms with Crippen LogP contribution in [0.4, 0.5) is 4.39 Å². The molecule has 2 heteroatoms. The fourth-order valence-corrected chi connectivity index (χ4v) is 1.16. The van der Waals surface area contributed by atoms with E-state index in [1.807, 2.05) is 24.3 Å². The average Bonchev–Trinajstić information content (AvgIpc) is 2.04. The lowest BCUT2D eigenvalue weighted by atomic mass is 10.1. The van der Waals surface area contributed by atoms with Crippen LogP contribution in [0.5, 0.6) is 0 Å². The van der Waals surface area contributed by atoms with Crippen LogP contribution in [0.25, 0.3) is 5.57 Å². The SMILES string of the molecule is C=C(CF)c1ccccc1S. The molecule has 0 saturated heterocycles. The molecule has 0 amide bonds. The Hall–Kier alpha value is -0.760. The topological polar surface area (TPSA) is 0 Å². The second kappa shape index (κ2) is 3.58. The predicted octanol–water partition coefficient (Wildman–Crippen LogP) is 2.96. The maximum absolute atomic E-state index is 12.1. The van der Waals surface area contributed by atoms with Gasteiger partial charge in [0.05, 0.1) is 0 Å². The number of benzene rings is 1. The Morgan fingerprint density at radius 1 is 1.45 bits per heavy atom. The van der Waals surface area contributed by atoms with E-state index in [1.165, 1.54) is 0 Å². The number of thiol groups is 1. The second-order valence-electron chi connectivity index (χ2n) is 2.25. The molecule has 0 nitrogen and oxygen atoms in total. The van der Waals surface area contributed by atoms with Crippen LogP contribution in [-0.2, 0) is 0 Å². The van der Waals surface area contributed by atoms with Crippen LogP contribution in [-0.4, -0.2) is 6.67 Å². The van der Waals surface area contributed by atoms with Gasteiger partial charge in [-0.15, -0.1) is 12.6 Å².